The van der Waals surface area contributed by atoms with Crippen molar-refractivity contribution in [2.75, 3.05) is 39.4 Å². The second kappa shape index (κ2) is 6.18. The first-order valence-electron chi connectivity index (χ1n) is 8.42. The summed E-state index contributed by atoms with van der Waals surface area (Å²) in [6.45, 7) is 6.94. The van der Waals surface area contributed by atoms with Gasteiger partial charge in [-0.15, -0.1) is 0 Å². The SMILES string of the molecule is C[C@@H]1CN(C(=O)c2cc3cc(F)ccc3o2)C[C@@H]1N1CCOCC1. The minimum Gasteiger partial charge on any atom is -0.451 e. The number of ether oxygens (including phenoxy) is 1. The highest BCUT2D eigenvalue weighted by Crippen LogP contribution is 2.26. The van der Waals surface area contributed by atoms with Crippen molar-refractivity contribution >= 4 is 16.9 Å². The van der Waals surface area contributed by atoms with E-state index in [-0.39, 0.29) is 17.5 Å². The lowest BCUT2D eigenvalue weighted by Crippen LogP contribution is -2.47. The van der Waals surface area contributed by atoms with Gasteiger partial charge in [0.05, 0.1) is 13.2 Å². The Balaban J connectivity index is 1.51. The highest BCUT2D eigenvalue weighted by molar-refractivity contribution is 5.96. The minimum atomic E-state index is -0.329. The molecule has 0 saturated carbocycles. The summed E-state index contributed by atoms with van der Waals surface area (Å²) in [4.78, 5) is 17.0. The van der Waals surface area contributed by atoms with E-state index in [1.54, 1.807) is 12.1 Å². The smallest absolute Gasteiger partial charge is 0.289 e. The Kier molecular flexibility index (Phi) is 4.02. The number of furan rings is 1. The number of carbonyl (C=O) groups excluding carboxylic acids is 1. The third kappa shape index (κ3) is 2.80. The van der Waals surface area contributed by atoms with Crippen molar-refractivity contribution in [3.8, 4) is 0 Å². The molecule has 0 bridgehead atoms. The lowest BCUT2D eigenvalue weighted by Gasteiger charge is -2.33. The van der Waals surface area contributed by atoms with E-state index < -0.39 is 0 Å². The first-order valence-corrected chi connectivity index (χ1v) is 8.42. The zero-order valence-corrected chi connectivity index (χ0v) is 13.7. The van der Waals surface area contributed by atoms with E-state index in [2.05, 4.69) is 11.8 Å². The number of amides is 1. The maximum atomic E-state index is 13.3. The van der Waals surface area contributed by atoms with Crippen molar-refractivity contribution in [1.29, 1.82) is 0 Å². The molecule has 2 aliphatic heterocycles. The standard InChI is InChI=1S/C18H21FN2O3/c1-12-10-21(11-15(12)20-4-6-23-7-5-20)18(22)17-9-13-8-14(19)2-3-16(13)24-17/h2-3,8-9,12,15H,4-7,10-11H2,1H3/t12-,15+/m1/s1. The molecule has 5 nitrogen and oxygen atoms in total. The summed E-state index contributed by atoms with van der Waals surface area (Å²) in [5.41, 5.74) is 0.539. The maximum Gasteiger partial charge on any atom is 0.289 e. The minimum absolute atomic E-state index is 0.116. The fourth-order valence-corrected chi connectivity index (χ4v) is 3.78. The Morgan fingerprint density at radius 1 is 1.21 bits per heavy atom. The Labute approximate surface area is 140 Å². The average molecular weight is 332 g/mol. The van der Waals surface area contributed by atoms with Crippen LogP contribution in [0.4, 0.5) is 4.39 Å². The Morgan fingerprint density at radius 2 is 2.00 bits per heavy atom. The molecule has 24 heavy (non-hydrogen) atoms. The average Bonchev–Trinajstić information content (AvgIpc) is 3.18. The predicted molar refractivity (Wildman–Crippen MR) is 87.4 cm³/mol. The van der Waals surface area contributed by atoms with Gasteiger partial charge >= 0.3 is 0 Å². The lowest BCUT2D eigenvalue weighted by molar-refractivity contribution is 0.0119. The van der Waals surface area contributed by atoms with Crippen LogP contribution in [0.2, 0.25) is 0 Å². The van der Waals surface area contributed by atoms with Crippen molar-refractivity contribution in [1.82, 2.24) is 9.80 Å². The highest BCUT2D eigenvalue weighted by atomic mass is 19.1. The van der Waals surface area contributed by atoms with Crippen LogP contribution in [0, 0.1) is 11.7 Å². The number of hydrogen-bond donors (Lipinski definition) is 0. The fraction of sp³-hybridized carbons (Fsp3) is 0.500. The summed E-state index contributed by atoms with van der Waals surface area (Å²) in [7, 11) is 0. The summed E-state index contributed by atoms with van der Waals surface area (Å²) in [5.74, 6) is 0.248. The van der Waals surface area contributed by atoms with E-state index in [0.29, 0.717) is 36.0 Å². The maximum absolute atomic E-state index is 13.3. The van der Waals surface area contributed by atoms with Crippen LogP contribution in [0.25, 0.3) is 11.0 Å². The van der Waals surface area contributed by atoms with Gasteiger partial charge in [0.2, 0.25) is 0 Å². The van der Waals surface area contributed by atoms with Gasteiger partial charge in [-0.05, 0) is 30.2 Å². The first-order chi connectivity index (χ1) is 11.6. The number of rotatable bonds is 2. The molecular formula is C18H21FN2O3. The van der Waals surface area contributed by atoms with E-state index in [0.717, 1.165) is 26.3 Å². The van der Waals surface area contributed by atoms with Gasteiger partial charge in [0.25, 0.3) is 5.91 Å². The van der Waals surface area contributed by atoms with Gasteiger partial charge in [0.15, 0.2) is 5.76 Å². The monoisotopic (exact) mass is 332 g/mol. The molecule has 1 aromatic heterocycles. The van der Waals surface area contributed by atoms with Crippen LogP contribution in [0.15, 0.2) is 28.7 Å². The third-order valence-corrected chi connectivity index (χ3v) is 5.06. The molecule has 6 heteroatoms. The molecule has 2 saturated heterocycles. The molecule has 0 spiro atoms. The van der Waals surface area contributed by atoms with Crippen LogP contribution in [0.1, 0.15) is 17.5 Å². The molecule has 4 rings (SSSR count). The molecule has 0 aliphatic carbocycles. The number of fused-ring (bicyclic) bond motifs is 1. The molecule has 2 fully saturated rings. The van der Waals surface area contributed by atoms with Crippen molar-refractivity contribution in [3.63, 3.8) is 0 Å². The number of nitrogens with zero attached hydrogens (tertiary/aromatic N) is 2. The molecule has 128 valence electrons. The van der Waals surface area contributed by atoms with E-state index in [1.807, 2.05) is 4.90 Å². The Morgan fingerprint density at radius 3 is 2.79 bits per heavy atom. The van der Waals surface area contributed by atoms with Crippen LogP contribution in [0.3, 0.4) is 0 Å². The molecule has 1 aromatic carbocycles. The van der Waals surface area contributed by atoms with Crippen LogP contribution in [-0.2, 0) is 4.74 Å². The zero-order chi connectivity index (χ0) is 16.7. The van der Waals surface area contributed by atoms with Crippen LogP contribution in [0.5, 0.6) is 0 Å². The number of morpholine rings is 1. The molecular weight excluding hydrogens is 311 g/mol. The molecule has 1 amide bonds. The van der Waals surface area contributed by atoms with Gasteiger partial charge in [0, 0.05) is 37.6 Å². The second-order valence-corrected chi connectivity index (χ2v) is 6.70. The normalized spacial score (nSPS) is 25.5. The third-order valence-electron chi connectivity index (χ3n) is 5.06. The van der Waals surface area contributed by atoms with E-state index in [4.69, 9.17) is 9.15 Å². The van der Waals surface area contributed by atoms with Crippen molar-refractivity contribution in [3.05, 3.63) is 35.8 Å². The van der Waals surface area contributed by atoms with Gasteiger partial charge in [0.1, 0.15) is 11.4 Å². The molecule has 0 unspecified atom stereocenters. The zero-order valence-electron chi connectivity index (χ0n) is 13.7. The number of benzene rings is 1. The largest absolute Gasteiger partial charge is 0.451 e. The number of hydrogen-bond acceptors (Lipinski definition) is 4. The van der Waals surface area contributed by atoms with Crippen LogP contribution >= 0.6 is 0 Å². The number of carbonyl (C=O) groups is 1. The summed E-state index contributed by atoms with van der Waals surface area (Å²) < 4.78 is 24.3. The van der Waals surface area contributed by atoms with Gasteiger partial charge < -0.3 is 14.1 Å². The summed E-state index contributed by atoms with van der Waals surface area (Å²) in [6, 6.07) is 6.28. The highest BCUT2D eigenvalue weighted by Gasteiger charge is 2.37. The van der Waals surface area contributed by atoms with Crippen molar-refractivity contribution < 1.29 is 18.3 Å². The topological polar surface area (TPSA) is 45.9 Å². The van der Waals surface area contributed by atoms with Gasteiger partial charge in [-0.3, -0.25) is 9.69 Å². The fourth-order valence-electron chi connectivity index (χ4n) is 3.78. The molecule has 0 radical (unpaired) electrons. The quantitative estimate of drug-likeness (QED) is 0.847. The summed E-state index contributed by atoms with van der Waals surface area (Å²) >= 11 is 0. The van der Waals surface area contributed by atoms with Crippen LogP contribution in [-0.4, -0.2) is 61.1 Å². The second-order valence-electron chi connectivity index (χ2n) is 6.70. The van der Waals surface area contributed by atoms with Crippen molar-refractivity contribution in [2.45, 2.75) is 13.0 Å². The van der Waals surface area contributed by atoms with Gasteiger partial charge in [-0.2, -0.15) is 0 Å². The van der Waals surface area contributed by atoms with E-state index in [1.165, 1.54) is 12.1 Å². The molecule has 2 atom stereocenters. The molecule has 2 aromatic rings. The van der Waals surface area contributed by atoms with Gasteiger partial charge in [-0.25, -0.2) is 4.39 Å². The first kappa shape index (κ1) is 15.6. The summed E-state index contributed by atoms with van der Waals surface area (Å²) in [6.07, 6.45) is 0. The van der Waals surface area contributed by atoms with E-state index >= 15 is 0 Å². The van der Waals surface area contributed by atoms with Crippen molar-refractivity contribution in [2.24, 2.45) is 5.92 Å². The Hall–Kier alpha value is -1.92. The summed E-state index contributed by atoms with van der Waals surface area (Å²) in [5, 5.41) is 0.621. The van der Waals surface area contributed by atoms with Crippen LogP contribution < -0.4 is 0 Å². The Bertz CT molecular complexity index is 754. The predicted octanol–water partition coefficient (Wildman–Crippen LogP) is 2.36. The number of likely N-dealkylation sites (tertiary alicyclic amines) is 1. The number of halogens is 1. The molecule has 2 aliphatic rings. The van der Waals surface area contributed by atoms with Gasteiger partial charge in [-0.1, -0.05) is 6.92 Å². The molecule has 0 N–H and O–H groups in total. The lowest BCUT2D eigenvalue weighted by atomic mass is 10.0. The van der Waals surface area contributed by atoms with E-state index in [9.17, 15) is 9.18 Å². The molecule has 3 heterocycles.